The molecule has 13 heavy (non-hydrogen) atoms. The quantitative estimate of drug-likeness (QED) is 0.581. The molecular formula is C10H24N2S. The van der Waals surface area contributed by atoms with Gasteiger partial charge in [-0.05, 0) is 37.9 Å². The minimum atomic E-state index is 0.795. The summed E-state index contributed by atoms with van der Waals surface area (Å²) in [5, 5.41) is 0. The maximum atomic E-state index is 5.56. The zero-order chi connectivity index (χ0) is 9.94. The fraction of sp³-hybridized carbons (Fsp3) is 1.00. The number of hydrogen-bond acceptors (Lipinski definition) is 3. The zero-order valence-electron chi connectivity index (χ0n) is 9.09. The number of unbranched alkanes of at least 4 members (excludes halogenated alkanes) is 1. The first-order valence-electron chi connectivity index (χ1n) is 5.26. The normalized spacial score (nSPS) is 11.1. The highest BCUT2D eigenvalue weighted by Gasteiger charge is 2.01. The third-order valence-corrected chi connectivity index (χ3v) is 2.79. The highest BCUT2D eigenvalue weighted by Crippen LogP contribution is 2.00. The summed E-state index contributed by atoms with van der Waals surface area (Å²) in [7, 11) is 0. The van der Waals surface area contributed by atoms with E-state index in [1.807, 2.05) is 11.8 Å². The number of rotatable bonds is 9. The van der Waals surface area contributed by atoms with E-state index in [0.717, 1.165) is 13.1 Å². The molecule has 0 saturated heterocycles. The number of nitrogens with zero attached hydrogens (tertiary/aromatic N) is 1. The Morgan fingerprint density at radius 2 is 1.85 bits per heavy atom. The fourth-order valence-corrected chi connectivity index (χ4v) is 1.75. The molecule has 3 heteroatoms. The maximum Gasteiger partial charge on any atom is 0.0105 e. The van der Waals surface area contributed by atoms with Crippen LogP contribution in [-0.4, -0.2) is 43.1 Å². The van der Waals surface area contributed by atoms with Gasteiger partial charge in [-0.15, -0.1) is 0 Å². The summed E-state index contributed by atoms with van der Waals surface area (Å²) in [5.74, 6) is 1.27. The third-order valence-electron chi connectivity index (χ3n) is 2.10. The van der Waals surface area contributed by atoms with Crippen molar-refractivity contribution < 1.29 is 0 Å². The summed E-state index contributed by atoms with van der Waals surface area (Å²) < 4.78 is 0. The van der Waals surface area contributed by atoms with E-state index in [0.29, 0.717) is 0 Å². The van der Waals surface area contributed by atoms with Crippen LogP contribution in [0.5, 0.6) is 0 Å². The molecule has 0 heterocycles. The Labute approximate surface area is 87.2 Å². The summed E-state index contributed by atoms with van der Waals surface area (Å²) in [5.41, 5.74) is 5.56. The molecule has 2 nitrogen and oxygen atoms in total. The molecule has 80 valence electrons. The fourth-order valence-electron chi connectivity index (χ4n) is 1.33. The highest BCUT2D eigenvalue weighted by molar-refractivity contribution is 7.98. The smallest absolute Gasteiger partial charge is 0.0105 e. The zero-order valence-corrected chi connectivity index (χ0v) is 9.91. The lowest BCUT2D eigenvalue weighted by molar-refractivity contribution is 0.278. The van der Waals surface area contributed by atoms with Gasteiger partial charge in [0.25, 0.3) is 0 Å². The molecule has 0 rings (SSSR count). The molecule has 0 radical (unpaired) electrons. The van der Waals surface area contributed by atoms with Crippen molar-refractivity contribution in [3.05, 3.63) is 0 Å². The summed E-state index contributed by atoms with van der Waals surface area (Å²) in [6.07, 6.45) is 6.05. The molecule has 0 aliphatic rings. The van der Waals surface area contributed by atoms with Crippen molar-refractivity contribution in [1.29, 1.82) is 0 Å². The monoisotopic (exact) mass is 204 g/mol. The van der Waals surface area contributed by atoms with Crippen LogP contribution in [0.3, 0.4) is 0 Å². The van der Waals surface area contributed by atoms with Gasteiger partial charge in [-0.25, -0.2) is 0 Å². The summed E-state index contributed by atoms with van der Waals surface area (Å²) >= 11 is 1.93. The van der Waals surface area contributed by atoms with Gasteiger partial charge in [-0.3, -0.25) is 0 Å². The Morgan fingerprint density at radius 3 is 2.38 bits per heavy atom. The molecular weight excluding hydrogens is 180 g/mol. The van der Waals surface area contributed by atoms with E-state index in [2.05, 4.69) is 18.1 Å². The van der Waals surface area contributed by atoms with E-state index in [4.69, 9.17) is 5.73 Å². The lowest BCUT2D eigenvalue weighted by Crippen LogP contribution is -2.31. The van der Waals surface area contributed by atoms with E-state index in [-0.39, 0.29) is 0 Å². The van der Waals surface area contributed by atoms with Crippen molar-refractivity contribution in [3.8, 4) is 0 Å². The van der Waals surface area contributed by atoms with Gasteiger partial charge < -0.3 is 10.6 Å². The molecule has 0 fully saturated rings. The van der Waals surface area contributed by atoms with Crippen LogP contribution in [-0.2, 0) is 0 Å². The Morgan fingerprint density at radius 1 is 1.15 bits per heavy atom. The molecule has 0 aliphatic heterocycles. The van der Waals surface area contributed by atoms with Gasteiger partial charge in [0, 0.05) is 13.1 Å². The maximum absolute atomic E-state index is 5.56. The van der Waals surface area contributed by atoms with Crippen molar-refractivity contribution in [2.24, 2.45) is 5.73 Å². The first-order chi connectivity index (χ1) is 6.35. The topological polar surface area (TPSA) is 29.3 Å². The van der Waals surface area contributed by atoms with E-state index in [1.165, 1.54) is 38.1 Å². The van der Waals surface area contributed by atoms with Gasteiger partial charge in [0.1, 0.15) is 0 Å². The van der Waals surface area contributed by atoms with E-state index >= 15 is 0 Å². The first-order valence-corrected chi connectivity index (χ1v) is 6.65. The lowest BCUT2D eigenvalue weighted by Gasteiger charge is -2.20. The van der Waals surface area contributed by atoms with Crippen LogP contribution in [0.4, 0.5) is 0 Å². The van der Waals surface area contributed by atoms with Gasteiger partial charge >= 0.3 is 0 Å². The molecule has 2 N–H and O–H groups in total. The predicted molar refractivity (Wildman–Crippen MR) is 63.4 cm³/mol. The van der Waals surface area contributed by atoms with Crippen LogP contribution in [0.1, 0.15) is 26.2 Å². The Kier molecular flexibility index (Phi) is 10.6. The molecule has 0 aromatic carbocycles. The summed E-state index contributed by atoms with van der Waals surface area (Å²) in [6.45, 7) is 6.54. The molecule has 0 saturated carbocycles. The number of thioether (sulfide) groups is 1. The second-order valence-corrected chi connectivity index (χ2v) is 4.32. The van der Waals surface area contributed by atoms with Gasteiger partial charge in [-0.1, -0.05) is 13.3 Å². The SMILES string of the molecule is CCCCN(CCN)CCCSC. The lowest BCUT2D eigenvalue weighted by atomic mass is 10.3. The molecule has 0 atom stereocenters. The van der Waals surface area contributed by atoms with Gasteiger partial charge in [0.15, 0.2) is 0 Å². The van der Waals surface area contributed by atoms with Crippen LogP contribution >= 0.6 is 11.8 Å². The van der Waals surface area contributed by atoms with E-state index < -0.39 is 0 Å². The number of nitrogens with two attached hydrogens (primary N) is 1. The van der Waals surface area contributed by atoms with Gasteiger partial charge in [0.05, 0.1) is 0 Å². The molecule has 0 bridgehead atoms. The first kappa shape index (κ1) is 13.3. The minimum absolute atomic E-state index is 0.795. The van der Waals surface area contributed by atoms with Crippen molar-refractivity contribution >= 4 is 11.8 Å². The standard InChI is InChI=1S/C10H24N2S/c1-3-4-7-12(9-6-11)8-5-10-13-2/h3-11H2,1-2H3. The number of hydrogen-bond donors (Lipinski definition) is 1. The third kappa shape index (κ3) is 8.60. The largest absolute Gasteiger partial charge is 0.329 e. The molecule has 0 aromatic rings. The Bertz CT molecular complexity index is 98.9. The van der Waals surface area contributed by atoms with E-state index in [9.17, 15) is 0 Å². The average molecular weight is 204 g/mol. The average Bonchev–Trinajstić information content (AvgIpc) is 2.14. The summed E-state index contributed by atoms with van der Waals surface area (Å²) in [6, 6.07) is 0. The van der Waals surface area contributed by atoms with Crippen LogP contribution in [0.2, 0.25) is 0 Å². The van der Waals surface area contributed by atoms with Crippen LogP contribution in [0, 0.1) is 0 Å². The van der Waals surface area contributed by atoms with Crippen molar-refractivity contribution in [3.63, 3.8) is 0 Å². The second-order valence-electron chi connectivity index (χ2n) is 3.33. The van der Waals surface area contributed by atoms with Crippen molar-refractivity contribution in [2.75, 3.05) is 38.2 Å². The second kappa shape index (κ2) is 10.4. The molecule has 0 aliphatic carbocycles. The van der Waals surface area contributed by atoms with Crippen LogP contribution < -0.4 is 5.73 Å². The minimum Gasteiger partial charge on any atom is -0.329 e. The van der Waals surface area contributed by atoms with Crippen molar-refractivity contribution in [1.82, 2.24) is 4.90 Å². The van der Waals surface area contributed by atoms with E-state index in [1.54, 1.807) is 0 Å². The molecule has 0 aromatic heterocycles. The van der Waals surface area contributed by atoms with Crippen molar-refractivity contribution in [2.45, 2.75) is 26.2 Å². The Balaban J connectivity index is 3.41. The predicted octanol–water partition coefficient (Wildman–Crippen LogP) is 1.80. The van der Waals surface area contributed by atoms with Crippen LogP contribution in [0.25, 0.3) is 0 Å². The molecule has 0 spiro atoms. The molecule has 0 unspecified atom stereocenters. The Hall–Kier alpha value is 0.270. The highest BCUT2D eigenvalue weighted by atomic mass is 32.2. The van der Waals surface area contributed by atoms with Gasteiger partial charge in [0.2, 0.25) is 0 Å². The van der Waals surface area contributed by atoms with Crippen LogP contribution in [0.15, 0.2) is 0 Å². The molecule has 0 amide bonds. The van der Waals surface area contributed by atoms with Gasteiger partial charge in [-0.2, -0.15) is 11.8 Å². The summed E-state index contributed by atoms with van der Waals surface area (Å²) in [4.78, 5) is 2.49.